The maximum absolute atomic E-state index is 10.9. The third-order valence-electron chi connectivity index (χ3n) is 2.90. The van der Waals surface area contributed by atoms with Crippen molar-refractivity contribution in [1.29, 1.82) is 0 Å². The minimum Gasteiger partial charge on any atom is -0.312 e. The molecular weight excluding hydrogens is 182 g/mol. The normalized spacial score (nSPS) is 25.2. The summed E-state index contributed by atoms with van der Waals surface area (Å²) in [5.74, 6) is 0. The van der Waals surface area contributed by atoms with E-state index in [9.17, 15) is 14.8 Å². The zero-order valence-electron chi connectivity index (χ0n) is 8.87. The number of hydrogen-bond donors (Lipinski definition) is 1. The van der Waals surface area contributed by atoms with E-state index < -0.39 is 11.1 Å². The van der Waals surface area contributed by atoms with Crippen molar-refractivity contribution in [3.63, 3.8) is 0 Å². The minimum absolute atomic E-state index is 0.347. The second-order valence-corrected chi connectivity index (χ2v) is 4.49. The molecule has 0 aromatic carbocycles. The van der Waals surface area contributed by atoms with Crippen LogP contribution >= 0.6 is 0 Å². The predicted molar refractivity (Wildman–Crippen MR) is 50.9 cm³/mol. The third kappa shape index (κ3) is 1.14. The average Bonchev–Trinajstić information content (AvgIpc) is 2.22. The Kier molecular flexibility index (Phi) is 2.37. The van der Waals surface area contributed by atoms with Gasteiger partial charge in [-0.3, -0.25) is 9.59 Å². The Morgan fingerprint density at radius 3 is 1.50 bits per heavy atom. The van der Waals surface area contributed by atoms with Crippen LogP contribution < -0.4 is 0 Å². The molecule has 0 saturated heterocycles. The number of hydroxylamine groups is 2. The molecule has 1 aliphatic heterocycles. The van der Waals surface area contributed by atoms with Gasteiger partial charge < -0.3 is 5.21 Å². The number of carbonyl (C=O) groups excluding carboxylic acids is 2. The number of hydrogen-bond acceptors (Lipinski definition) is 4. The lowest BCUT2D eigenvalue weighted by Crippen LogP contribution is -2.48. The van der Waals surface area contributed by atoms with Crippen molar-refractivity contribution >= 4 is 12.6 Å². The molecule has 0 aromatic heterocycles. The maximum atomic E-state index is 10.9. The van der Waals surface area contributed by atoms with Crippen LogP contribution in [0.4, 0.5) is 0 Å². The molecule has 0 aliphatic carbocycles. The number of aldehydes is 2. The Labute approximate surface area is 83.2 Å². The summed E-state index contributed by atoms with van der Waals surface area (Å²) in [6.07, 6.45) is 1.28. The van der Waals surface area contributed by atoms with Crippen LogP contribution in [0.15, 0.2) is 11.1 Å². The van der Waals surface area contributed by atoms with Crippen LogP contribution in [0.5, 0.6) is 0 Å². The smallest absolute Gasteiger partial charge is 0.148 e. The van der Waals surface area contributed by atoms with Gasteiger partial charge in [-0.05, 0) is 27.7 Å². The first kappa shape index (κ1) is 11.1. The van der Waals surface area contributed by atoms with Crippen LogP contribution in [0.2, 0.25) is 0 Å². The Hall–Kier alpha value is -1.00. The zero-order valence-corrected chi connectivity index (χ0v) is 8.87. The van der Waals surface area contributed by atoms with E-state index in [2.05, 4.69) is 0 Å². The van der Waals surface area contributed by atoms with Gasteiger partial charge in [0.2, 0.25) is 0 Å². The molecule has 4 nitrogen and oxygen atoms in total. The molecule has 1 N–H and O–H groups in total. The van der Waals surface area contributed by atoms with Crippen molar-refractivity contribution in [2.24, 2.45) is 0 Å². The standard InChI is InChI=1S/C10H15NO3/c1-9(2)7(5-12)8(6-13)10(3,4)11(9)14/h5-6,14H,1-4H3. The van der Waals surface area contributed by atoms with Crippen LogP contribution in [-0.4, -0.2) is 33.9 Å². The van der Waals surface area contributed by atoms with Gasteiger partial charge in [-0.2, -0.15) is 5.06 Å². The van der Waals surface area contributed by atoms with Gasteiger partial charge in [-0.25, -0.2) is 0 Å². The summed E-state index contributed by atoms with van der Waals surface area (Å²) < 4.78 is 0. The third-order valence-corrected chi connectivity index (χ3v) is 2.90. The molecule has 1 heterocycles. The lowest BCUT2D eigenvalue weighted by atomic mass is 9.92. The lowest BCUT2D eigenvalue weighted by molar-refractivity contribution is -0.187. The van der Waals surface area contributed by atoms with Gasteiger partial charge in [0, 0.05) is 11.1 Å². The van der Waals surface area contributed by atoms with Gasteiger partial charge in [-0.1, -0.05) is 0 Å². The van der Waals surface area contributed by atoms with E-state index in [1.165, 1.54) is 0 Å². The summed E-state index contributed by atoms with van der Waals surface area (Å²) in [5, 5.41) is 10.9. The van der Waals surface area contributed by atoms with Gasteiger partial charge in [0.1, 0.15) is 12.6 Å². The Morgan fingerprint density at radius 1 is 1.00 bits per heavy atom. The molecule has 0 bridgehead atoms. The molecule has 0 saturated carbocycles. The van der Waals surface area contributed by atoms with Crippen molar-refractivity contribution in [3.8, 4) is 0 Å². The highest BCUT2D eigenvalue weighted by Crippen LogP contribution is 2.41. The summed E-state index contributed by atoms with van der Waals surface area (Å²) >= 11 is 0. The van der Waals surface area contributed by atoms with Crippen LogP contribution in [0.25, 0.3) is 0 Å². The van der Waals surface area contributed by atoms with Gasteiger partial charge >= 0.3 is 0 Å². The Morgan fingerprint density at radius 2 is 1.29 bits per heavy atom. The fourth-order valence-corrected chi connectivity index (χ4v) is 2.00. The van der Waals surface area contributed by atoms with Crippen LogP contribution in [0.1, 0.15) is 27.7 Å². The summed E-state index contributed by atoms with van der Waals surface area (Å²) in [6, 6.07) is 0. The van der Waals surface area contributed by atoms with Gasteiger partial charge in [0.25, 0.3) is 0 Å². The molecule has 0 radical (unpaired) electrons. The number of rotatable bonds is 2. The number of carbonyl (C=O) groups is 2. The average molecular weight is 197 g/mol. The molecule has 1 aliphatic rings. The molecule has 0 spiro atoms. The molecule has 0 amide bonds. The second-order valence-electron chi connectivity index (χ2n) is 4.49. The Balaban J connectivity index is 3.42. The topological polar surface area (TPSA) is 57.6 Å². The molecule has 14 heavy (non-hydrogen) atoms. The largest absolute Gasteiger partial charge is 0.312 e. The van der Waals surface area contributed by atoms with Gasteiger partial charge in [0.15, 0.2) is 0 Å². The SMILES string of the molecule is CC1(C)C(C=O)=C(C=O)C(C)(C)N1O. The maximum Gasteiger partial charge on any atom is 0.148 e. The minimum atomic E-state index is -0.804. The lowest BCUT2D eigenvalue weighted by Gasteiger charge is -2.35. The van der Waals surface area contributed by atoms with Crippen LogP contribution in [0.3, 0.4) is 0 Å². The molecule has 0 unspecified atom stereocenters. The van der Waals surface area contributed by atoms with E-state index in [0.29, 0.717) is 23.7 Å². The molecule has 4 heteroatoms. The first-order valence-corrected chi connectivity index (χ1v) is 4.45. The molecule has 1 rings (SSSR count). The molecule has 78 valence electrons. The van der Waals surface area contributed by atoms with Crippen LogP contribution in [-0.2, 0) is 9.59 Å². The molecule has 0 atom stereocenters. The van der Waals surface area contributed by atoms with Gasteiger partial charge in [0.05, 0.1) is 11.1 Å². The molecular formula is C10H15NO3. The highest BCUT2D eigenvalue weighted by Gasteiger charge is 2.50. The molecule has 0 aromatic rings. The van der Waals surface area contributed by atoms with E-state index >= 15 is 0 Å². The Bertz CT molecular complexity index is 285. The van der Waals surface area contributed by atoms with E-state index in [0.717, 1.165) is 5.06 Å². The summed E-state index contributed by atoms with van der Waals surface area (Å²) in [4.78, 5) is 21.7. The van der Waals surface area contributed by atoms with E-state index in [4.69, 9.17) is 0 Å². The van der Waals surface area contributed by atoms with Crippen molar-refractivity contribution in [2.45, 2.75) is 38.8 Å². The van der Waals surface area contributed by atoms with Crippen LogP contribution in [0, 0.1) is 0 Å². The fraction of sp³-hybridized carbons (Fsp3) is 0.600. The van der Waals surface area contributed by atoms with Crippen molar-refractivity contribution < 1.29 is 14.8 Å². The second kappa shape index (κ2) is 3.00. The van der Waals surface area contributed by atoms with Crippen molar-refractivity contribution in [2.75, 3.05) is 0 Å². The van der Waals surface area contributed by atoms with Gasteiger partial charge in [-0.15, -0.1) is 0 Å². The van der Waals surface area contributed by atoms with Crippen molar-refractivity contribution in [1.82, 2.24) is 5.06 Å². The fourth-order valence-electron chi connectivity index (χ4n) is 2.00. The van der Waals surface area contributed by atoms with Crippen molar-refractivity contribution in [3.05, 3.63) is 11.1 Å². The highest BCUT2D eigenvalue weighted by atomic mass is 16.5. The highest BCUT2D eigenvalue weighted by molar-refractivity contribution is 5.92. The zero-order chi connectivity index (χ0) is 11.1. The summed E-state index contributed by atoms with van der Waals surface area (Å²) in [6.45, 7) is 6.81. The summed E-state index contributed by atoms with van der Waals surface area (Å²) in [5.41, 5.74) is -0.914. The monoisotopic (exact) mass is 197 g/mol. The first-order valence-electron chi connectivity index (χ1n) is 4.45. The van der Waals surface area contributed by atoms with E-state index in [1.807, 2.05) is 0 Å². The quantitative estimate of drug-likeness (QED) is 0.669. The first-order chi connectivity index (χ1) is 6.30. The number of nitrogens with zero attached hydrogens (tertiary/aromatic N) is 1. The summed E-state index contributed by atoms with van der Waals surface area (Å²) in [7, 11) is 0. The van der Waals surface area contributed by atoms with E-state index in [-0.39, 0.29) is 0 Å². The van der Waals surface area contributed by atoms with E-state index in [1.54, 1.807) is 27.7 Å². The molecule has 0 fully saturated rings. The predicted octanol–water partition coefficient (Wildman–Crippen LogP) is 0.943.